The molecule has 0 aromatic heterocycles. The monoisotopic (exact) mass is 523 g/mol. The van der Waals surface area contributed by atoms with Crippen LogP contribution in [0.1, 0.15) is 32.3 Å². The molecule has 0 aliphatic heterocycles. The van der Waals surface area contributed by atoms with Gasteiger partial charge in [0.15, 0.2) is 0 Å². The van der Waals surface area contributed by atoms with E-state index in [-0.39, 0.29) is 12.5 Å². The maximum atomic E-state index is 13.5. The van der Waals surface area contributed by atoms with Gasteiger partial charge in [0.05, 0.1) is 11.9 Å². The summed E-state index contributed by atoms with van der Waals surface area (Å²) in [5.41, 5.74) is 1.22. The Morgan fingerprint density at radius 3 is 2.22 bits per heavy atom. The summed E-state index contributed by atoms with van der Waals surface area (Å²) in [5.74, 6) is -0.695. The van der Waals surface area contributed by atoms with E-state index in [9.17, 15) is 18.0 Å². The zero-order valence-electron chi connectivity index (χ0n) is 18.6. The summed E-state index contributed by atoms with van der Waals surface area (Å²) in [6.07, 6.45) is 2.24. The van der Waals surface area contributed by atoms with Crippen molar-refractivity contribution in [3.8, 4) is 0 Å². The minimum Gasteiger partial charge on any atom is -0.354 e. The van der Waals surface area contributed by atoms with E-state index in [1.54, 1.807) is 24.3 Å². The first-order chi connectivity index (χ1) is 15.2. The van der Waals surface area contributed by atoms with Gasteiger partial charge in [-0.1, -0.05) is 56.3 Å². The molecule has 1 atom stereocenters. The lowest BCUT2D eigenvalue weighted by Crippen LogP contribution is -2.52. The van der Waals surface area contributed by atoms with Crippen LogP contribution in [0.3, 0.4) is 0 Å². The van der Waals surface area contributed by atoms with Gasteiger partial charge in [-0.05, 0) is 46.5 Å². The van der Waals surface area contributed by atoms with Crippen LogP contribution in [0, 0.1) is 0 Å². The second kappa shape index (κ2) is 12.0. The third-order valence-corrected chi connectivity index (χ3v) is 6.73. The highest BCUT2D eigenvalue weighted by atomic mass is 79.9. The molecule has 9 heteroatoms. The van der Waals surface area contributed by atoms with Gasteiger partial charge < -0.3 is 10.2 Å². The van der Waals surface area contributed by atoms with E-state index in [0.717, 1.165) is 22.5 Å². The SMILES string of the molecule is CCCNC(=O)[C@@H](CC)N(Cc1ccccc1)C(=O)CN(c1ccccc1Br)S(C)(=O)=O. The lowest BCUT2D eigenvalue weighted by molar-refractivity contribution is -0.140. The van der Waals surface area contributed by atoms with Crippen molar-refractivity contribution in [1.82, 2.24) is 10.2 Å². The summed E-state index contributed by atoms with van der Waals surface area (Å²) in [5, 5.41) is 2.86. The van der Waals surface area contributed by atoms with Crippen molar-refractivity contribution >= 4 is 43.5 Å². The van der Waals surface area contributed by atoms with Gasteiger partial charge in [0.25, 0.3) is 0 Å². The van der Waals surface area contributed by atoms with Crippen LogP contribution in [0.25, 0.3) is 0 Å². The Morgan fingerprint density at radius 2 is 1.66 bits per heavy atom. The fourth-order valence-corrected chi connectivity index (χ4v) is 4.79. The number of benzene rings is 2. The zero-order chi connectivity index (χ0) is 23.7. The Morgan fingerprint density at radius 1 is 1.03 bits per heavy atom. The Labute approximate surface area is 199 Å². The normalized spacial score (nSPS) is 12.1. The van der Waals surface area contributed by atoms with Gasteiger partial charge in [-0.25, -0.2) is 8.42 Å². The van der Waals surface area contributed by atoms with Crippen molar-refractivity contribution in [3.05, 3.63) is 64.6 Å². The highest BCUT2D eigenvalue weighted by molar-refractivity contribution is 9.10. The van der Waals surface area contributed by atoms with Crippen LogP contribution in [0.4, 0.5) is 5.69 Å². The average molecular weight is 524 g/mol. The molecule has 1 N–H and O–H groups in total. The Kier molecular flexibility index (Phi) is 9.71. The molecular formula is C23H30BrN3O4S. The van der Waals surface area contributed by atoms with Crippen LogP contribution in [0.5, 0.6) is 0 Å². The standard InChI is InChI=1S/C23H30BrN3O4S/c1-4-15-25-23(29)20(5-2)26(16-18-11-7-6-8-12-18)22(28)17-27(32(3,30)31)21-14-10-9-13-19(21)24/h6-14,20H,4-5,15-17H2,1-3H3,(H,25,29)/t20-/m1/s1. The maximum absolute atomic E-state index is 13.5. The number of hydrogen-bond donors (Lipinski definition) is 1. The first-order valence-electron chi connectivity index (χ1n) is 10.5. The molecule has 7 nitrogen and oxygen atoms in total. The lowest BCUT2D eigenvalue weighted by Gasteiger charge is -2.33. The predicted molar refractivity (Wildman–Crippen MR) is 131 cm³/mol. The van der Waals surface area contributed by atoms with Crippen molar-refractivity contribution in [2.75, 3.05) is 23.7 Å². The largest absolute Gasteiger partial charge is 0.354 e. The Bertz CT molecular complexity index is 1010. The molecule has 0 aliphatic carbocycles. The molecule has 174 valence electrons. The summed E-state index contributed by atoms with van der Waals surface area (Å²) in [7, 11) is -3.75. The highest BCUT2D eigenvalue weighted by Gasteiger charge is 2.32. The smallest absolute Gasteiger partial charge is 0.244 e. The average Bonchev–Trinajstić information content (AvgIpc) is 2.76. The summed E-state index contributed by atoms with van der Waals surface area (Å²) < 4.78 is 26.8. The van der Waals surface area contributed by atoms with E-state index in [1.165, 1.54) is 4.90 Å². The number of nitrogens with zero attached hydrogens (tertiary/aromatic N) is 2. The number of para-hydroxylation sites is 1. The molecule has 0 saturated carbocycles. The third kappa shape index (κ3) is 7.06. The van der Waals surface area contributed by atoms with Gasteiger partial charge in [-0.3, -0.25) is 13.9 Å². The quantitative estimate of drug-likeness (QED) is 0.487. The minimum absolute atomic E-state index is 0.200. The second-order valence-electron chi connectivity index (χ2n) is 7.44. The van der Waals surface area contributed by atoms with E-state index >= 15 is 0 Å². The van der Waals surface area contributed by atoms with Gasteiger partial charge in [-0.2, -0.15) is 0 Å². The molecule has 0 bridgehead atoms. The van der Waals surface area contributed by atoms with Gasteiger partial charge in [-0.15, -0.1) is 0 Å². The van der Waals surface area contributed by atoms with Crippen LogP contribution in [-0.4, -0.2) is 50.5 Å². The number of nitrogens with one attached hydrogen (secondary N) is 1. The molecular weight excluding hydrogens is 494 g/mol. The number of rotatable bonds is 11. The fourth-order valence-electron chi connectivity index (χ4n) is 3.31. The third-order valence-electron chi connectivity index (χ3n) is 4.93. The molecule has 2 aromatic rings. The van der Waals surface area contributed by atoms with E-state index in [4.69, 9.17) is 0 Å². The number of halogens is 1. The number of anilines is 1. The van der Waals surface area contributed by atoms with Crippen LogP contribution < -0.4 is 9.62 Å². The number of carbonyl (C=O) groups is 2. The van der Waals surface area contributed by atoms with Crippen molar-refractivity contribution in [3.63, 3.8) is 0 Å². The zero-order valence-corrected chi connectivity index (χ0v) is 21.0. The van der Waals surface area contributed by atoms with Gasteiger partial charge in [0, 0.05) is 17.6 Å². The molecule has 2 rings (SSSR count). The van der Waals surface area contributed by atoms with Gasteiger partial charge in [0.1, 0.15) is 12.6 Å². The molecule has 0 radical (unpaired) electrons. The Hall–Kier alpha value is -2.39. The molecule has 32 heavy (non-hydrogen) atoms. The van der Waals surface area contributed by atoms with Crippen molar-refractivity contribution in [2.45, 2.75) is 39.3 Å². The van der Waals surface area contributed by atoms with Crippen molar-refractivity contribution in [1.29, 1.82) is 0 Å². The first-order valence-corrected chi connectivity index (χ1v) is 13.2. The number of amides is 2. The molecule has 0 fully saturated rings. The van der Waals surface area contributed by atoms with E-state index in [1.807, 2.05) is 44.2 Å². The topological polar surface area (TPSA) is 86.8 Å². The summed E-state index contributed by atoms with van der Waals surface area (Å²) in [4.78, 5) is 27.8. The maximum Gasteiger partial charge on any atom is 0.244 e. The molecule has 2 amide bonds. The molecule has 0 saturated heterocycles. The van der Waals surface area contributed by atoms with Gasteiger partial charge >= 0.3 is 0 Å². The van der Waals surface area contributed by atoms with Gasteiger partial charge in [0.2, 0.25) is 21.8 Å². The highest BCUT2D eigenvalue weighted by Crippen LogP contribution is 2.28. The second-order valence-corrected chi connectivity index (χ2v) is 10.2. The van der Waals surface area contributed by atoms with E-state index in [2.05, 4.69) is 21.2 Å². The summed E-state index contributed by atoms with van der Waals surface area (Å²) in [6, 6.07) is 15.4. The minimum atomic E-state index is -3.75. The molecule has 0 spiro atoms. The fraction of sp³-hybridized carbons (Fsp3) is 0.391. The molecule has 0 unspecified atom stereocenters. The summed E-state index contributed by atoms with van der Waals surface area (Å²) in [6.45, 7) is 4.09. The number of sulfonamides is 1. The number of carbonyl (C=O) groups excluding carboxylic acids is 2. The molecule has 0 heterocycles. The lowest BCUT2D eigenvalue weighted by atomic mass is 10.1. The number of hydrogen-bond acceptors (Lipinski definition) is 4. The predicted octanol–water partition coefficient (Wildman–Crippen LogP) is 3.55. The molecule has 0 aliphatic rings. The first kappa shape index (κ1) is 25.9. The summed E-state index contributed by atoms with van der Waals surface area (Å²) >= 11 is 3.37. The van der Waals surface area contributed by atoms with Crippen LogP contribution in [0.15, 0.2) is 59.1 Å². The van der Waals surface area contributed by atoms with Crippen molar-refractivity contribution in [2.24, 2.45) is 0 Å². The Balaban J connectivity index is 2.41. The van der Waals surface area contributed by atoms with Crippen LogP contribution in [0.2, 0.25) is 0 Å². The van der Waals surface area contributed by atoms with Crippen LogP contribution in [-0.2, 0) is 26.2 Å². The van der Waals surface area contributed by atoms with Crippen molar-refractivity contribution < 1.29 is 18.0 Å². The molecule has 2 aromatic carbocycles. The van der Waals surface area contributed by atoms with E-state index in [0.29, 0.717) is 23.1 Å². The van der Waals surface area contributed by atoms with E-state index < -0.39 is 28.5 Å². The van der Waals surface area contributed by atoms with Crippen LogP contribution >= 0.6 is 15.9 Å².